The fourth-order valence-electron chi connectivity index (χ4n) is 3.70. The lowest BCUT2D eigenvalue weighted by molar-refractivity contribution is 0.0600. The second kappa shape index (κ2) is 13.3. The highest BCUT2D eigenvalue weighted by atomic mass is 19.1. The van der Waals surface area contributed by atoms with Crippen LogP contribution in [0.4, 0.5) is 16.2 Å². The fraction of sp³-hybridized carbons (Fsp3) is 0.370. The summed E-state index contributed by atoms with van der Waals surface area (Å²) in [4.78, 5) is 23.9. The molecule has 0 saturated heterocycles. The first-order valence-corrected chi connectivity index (χ1v) is 11.8. The van der Waals surface area contributed by atoms with Crippen molar-refractivity contribution in [3.63, 3.8) is 0 Å². The number of unbranched alkanes of at least 4 members (excludes halogenated alkanes) is 1. The molecule has 1 N–H and O–H groups in total. The van der Waals surface area contributed by atoms with Gasteiger partial charge in [-0.1, -0.05) is 24.3 Å². The summed E-state index contributed by atoms with van der Waals surface area (Å²) in [7, 11) is 4.58. The van der Waals surface area contributed by atoms with Gasteiger partial charge in [0.15, 0.2) is 0 Å². The third-order valence-corrected chi connectivity index (χ3v) is 5.67. The van der Waals surface area contributed by atoms with Crippen molar-refractivity contribution in [2.45, 2.75) is 32.9 Å². The molecule has 0 amide bonds. The maximum atomic E-state index is 12.6. The van der Waals surface area contributed by atoms with Crippen LogP contribution in [0.2, 0.25) is 0 Å². The van der Waals surface area contributed by atoms with Crippen LogP contribution in [0.15, 0.2) is 48.5 Å². The average Bonchev–Trinajstić information content (AvgIpc) is 2.91. The number of halogens is 1. The van der Waals surface area contributed by atoms with Crippen LogP contribution < -0.4 is 19.7 Å². The number of nitrogens with one attached hydrogen (secondary N) is 1. The molecule has 0 radical (unpaired) electrons. The average molecular weight is 497 g/mol. The van der Waals surface area contributed by atoms with Crippen molar-refractivity contribution in [3.8, 4) is 11.5 Å². The van der Waals surface area contributed by atoms with Crippen molar-refractivity contribution in [2.24, 2.45) is 0 Å². The molecule has 1 heterocycles. The molecule has 8 nitrogen and oxygen atoms in total. The molecule has 0 unspecified atom stereocenters. The molecular weight excluding hydrogens is 463 g/mol. The summed E-state index contributed by atoms with van der Waals surface area (Å²) in [6.45, 7) is 2.88. The number of esters is 1. The molecule has 3 rings (SSSR count). The molecular formula is C27H33FN4O4. The highest BCUT2D eigenvalue weighted by molar-refractivity contribution is 5.96. The Labute approximate surface area is 211 Å². The molecule has 9 heteroatoms. The summed E-state index contributed by atoms with van der Waals surface area (Å²) in [5.41, 5.74) is 2.85. The van der Waals surface area contributed by atoms with Gasteiger partial charge in [-0.15, -0.1) is 0 Å². The van der Waals surface area contributed by atoms with Gasteiger partial charge in [0.1, 0.15) is 22.9 Å². The third-order valence-electron chi connectivity index (χ3n) is 5.67. The van der Waals surface area contributed by atoms with Crippen LogP contribution in [0.3, 0.4) is 0 Å². The molecule has 36 heavy (non-hydrogen) atoms. The van der Waals surface area contributed by atoms with E-state index in [1.165, 1.54) is 7.11 Å². The zero-order chi connectivity index (χ0) is 25.9. The molecule has 0 aliphatic rings. The number of carbonyl (C=O) groups excluding carboxylic acids is 1. The minimum Gasteiger partial charge on any atom is -0.497 e. The Kier molecular flexibility index (Phi) is 9.85. The third kappa shape index (κ3) is 7.07. The normalized spacial score (nSPS) is 10.6. The van der Waals surface area contributed by atoms with Crippen LogP contribution in [0.5, 0.6) is 11.5 Å². The zero-order valence-corrected chi connectivity index (χ0v) is 21.2. The Morgan fingerprint density at radius 2 is 1.44 bits per heavy atom. The summed E-state index contributed by atoms with van der Waals surface area (Å²) in [6, 6.07) is 15.6. The number of nitrogens with zero attached hydrogens (tertiary/aromatic N) is 3. The van der Waals surface area contributed by atoms with Gasteiger partial charge < -0.3 is 24.4 Å². The van der Waals surface area contributed by atoms with E-state index in [1.54, 1.807) is 21.1 Å². The lowest BCUT2D eigenvalue weighted by Crippen LogP contribution is -2.26. The van der Waals surface area contributed by atoms with Gasteiger partial charge in [-0.2, -0.15) is 4.98 Å². The largest absolute Gasteiger partial charge is 0.497 e. The topological polar surface area (TPSA) is 85.8 Å². The van der Waals surface area contributed by atoms with E-state index in [0.29, 0.717) is 49.9 Å². The Morgan fingerprint density at radius 1 is 0.889 bits per heavy atom. The van der Waals surface area contributed by atoms with Gasteiger partial charge in [0.25, 0.3) is 0 Å². The molecule has 3 aromatic rings. The molecule has 192 valence electrons. The van der Waals surface area contributed by atoms with Crippen LogP contribution in [0.1, 0.15) is 40.0 Å². The lowest BCUT2D eigenvalue weighted by Gasteiger charge is -2.25. The van der Waals surface area contributed by atoms with E-state index < -0.39 is 12.6 Å². The molecule has 2 aromatic carbocycles. The predicted molar refractivity (Wildman–Crippen MR) is 138 cm³/mol. The highest BCUT2D eigenvalue weighted by Crippen LogP contribution is 2.25. The first-order chi connectivity index (χ1) is 17.5. The number of benzene rings is 2. The molecule has 0 aliphatic heterocycles. The van der Waals surface area contributed by atoms with Gasteiger partial charge in [0.2, 0.25) is 5.95 Å². The van der Waals surface area contributed by atoms with Gasteiger partial charge in [-0.3, -0.25) is 4.39 Å². The molecule has 0 spiro atoms. The Balaban J connectivity index is 1.99. The number of carbonyl (C=O) groups is 1. The molecule has 0 atom stereocenters. The van der Waals surface area contributed by atoms with Crippen molar-refractivity contribution >= 4 is 17.7 Å². The second-order valence-electron chi connectivity index (χ2n) is 8.20. The predicted octanol–water partition coefficient (Wildman–Crippen LogP) is 4.96. The summed E-state index contributed by atoms with van der Waals surface area (Å²) < 4.78 is 28.1. The maximum Gasteiger partial charge on any atom is 0.343 e. The van der Waals surface area contributed by atoms with E-state index in [9.17, 15) is 9.18 Å². The van der Waals surface area contributed by atoms with Gasteiger partial charge in [-0.05, 0) is 55.2 Å². The first-order valence-electron chi connectivity index (χ1n) is 11.8. The second-order valence-corrected chi connectivity index (χ2v) is 8.20. The Morgan fingerprint density at radius 3 is 1.92 bits per heavy atom. The summed E-state index contributed by atoms with van der Waals surface area (Å²) in [6.07, 6.45) is 1.04. The van der Waals surface area contributed by atoms with Crippen molar-refractivity contribution in [1.29, 1.82) is 0 Å². The minimum absolute atomic E-state index is 0.273. The van der Waals surface area contributed by atoms with Crippen LogP contribution >= 0.6 is 0 Å². The number of hydrogen-bond donors (Lipinski definition) is 1. The monoisotopic (exact) mass is 496 g/mol. The number of aryl methyl sites for hydroxylation is 1. The van der Waals surface area contributed by atoms with Gasteiger partial charge >= 0.3 is 5.97 Å². The van der Waals surface area contributed by atoms with Crippen LogP contribution in [-0.4, -0.2) is 50.5 Å². The highest BCUT2D eigenvalue weighted by Gasteiger charge is 2.22. The maximum absolute atomic E-state index is 12.6. The summed E-state index contributed by atoms with van der Waals surface area (Å²) in [5, 5.41) is 3.18. The van der Waals surface area contributed by atoms with Crippen molar-refractivity contribution in [3.05, 3.63) is 70.9 Å². The number of alkyl halides is 1. The SMILES string of the molecule is COC(=O)c1c(C)nc(N(Cc2ccc(OC)cc2)Cc2ccc(OC)cc2)nc1NCCCCF. The van der Waals surface area contributed by atoms with Crippen molar-refractivity contribution in [2.75, 3.05) is 44.8 Å². The number of hydrogen-bond acceptors (Lipinski definition) is 8. The van der Waals surface area contributed by atoms with Crippen LogP contribution in [-0.2, 0) is 17.8 Å². The molecule has 0 bridgehead atoms. The number of ether oxygens (including phenoxy) is 3. The Bertz CT molecular complexity index is 1070. The van der Waals surface area contributed by atoms with E-state index in [4.69, 9.17) is 19.2 Å². The summed E-state index contributed by atoms with van der Waals surface area (Å²) in [5.74, 6) is 1.85. The molecule has 0 fully saturated rings. The number of methoxy groups -OCH3 is 3. The van der Waals surface area contributed by atoms with E-state index in [-0.39, 0.29) is 5.56 Å². The standard InChI is InChI=1S/C27H33FN4O4/c1-19-24(26(33)36-4)25(29-16-6-5-15-28)31-27(30-19)32(17-20-7-11-22(34-2)12-8-20)18-21-9-13-23(35-3)14-10-21/h7-14H,5-6,15-18H2,1-4H3,(H,29,30,31). The first kappa shape index (κ1) is 26.7. The zero-order valence-electron chi connectivity index (χ0n) is 21.2. The smallest absolute Gasteiger partial charge is 0.343 e. The van der Waals surface area contributed by atoms with Crippen LogP contribution in [0.25, 0.3) is 0 Å². The van der Waals surface area contributed by atoms with E-state index >= 15 is 0 Å². The van der Waals surface area contributed by atoms with Crippen molar-refractivity contribution < 1.29 is 23.4 Å². The summed E-state index contributed by atoms with van der Waals surface area (Å²) >= 11 is 0. The Hall–Kier alpha value is -3.88. The number of rotatable bonds is 13. The van der Waals surface area contributed by atoms with Crippen LogP contribution in [0, 0.1) is 6.92 Å². The molecule has 0 saturated carbocycles. The molecule has 0 aliphatic carbocycles. The van der Waals surface area contributed by atoms with E-state index in [1.807, 2.05) is 53.4 Å². The molecule has 1 aromatic heterocycles. The quantitative estimate of drug-likeness (QED) is 0.263. The van der Waals surface area contributed by atoms with E-state index in [2.05, 4.69) is 10.3 Å². The van der Waals surface area contributed by atoms with Crippen molar-refractivity contribution in [1.82, 2.24) is 9.97 Å². The van der Waals surface area contributed by atoms with Gasteiger partial charge in [0, 0.05) is 19.6 Å². The minimum atomic E-state index is -0.524. The van der Waals surface area contributed by atoms with E-state index in [0.717, 1.165) is 22.6 Å². The number of aromatic nitrogens is 2. The fourth-order valence-corrected chi connectivity index (χ4v) is 3.70. The number of anilines is 2. The van der Waals surface area contributed by atoms with Gasteiger partial charge in [0.05, 0.1) is 33.7 Å². The van der Waals surface area contributed by atoms with Gasteiger partial charge in [-0.25, -0.2) is 9.78 Å². The lowest BCUT2D eigenvalue weighted by atomic mass is 10.1.